The lowest BCUT2D eigenvalue weighted by molar-refractivity contribution is 0.0169. The molecule has 1 aromatic carbocycles. The average molecular weight is 265 g/mol. The molecule has 0 aromatic heterocycles. The smallest absolute Gasteiger partial charge is 0.255 e. The summed E-state index contributed by atoms with van der Waals surface area (Å²) in [6.07, 6.45) is 3.27. The molecule has 1 unspecified atom stereocenters. The molecule has 2 rings (SSSR count). The van der Waals surface area contributed by atoms with E-state index in [1.165, 1.54) is 13.2 Å². The number of ether oxygens (including phenoxy) is 2. The third kappa shape index (κ3) is 3.61. The Morgan fingerprint density at radius 3 is 3.00 bits per heavy atom. The fraction of sp³-hybridized carbons (Fsp3) is 0.500. The average Bonchev–Trinajstić information content (AvgIpc) is 2.45. The van der Waals surface area contributed by atoms with E-state index in [9.17, 15) is 9.90 Å². The number of phenols is 1. The van der Waals surface area contributed by atoms with Crippen molar-refractivity contribution in [2.45, 2.75) is 25.4 Å². The predicted octanol–water partition coefficient (Wildman–Crippen LogP) is 1.70. The molecular formula is C14H19NO4. The number of benzene rings is 1. The van der Waals surface area contributed by atoms with Crippen LogP contribution in [0.15, 0.2) is 18.2 Å². The molecule has 1 aromatic rings. The summed E-state index contributed by atoms with van der Waals surface area (Å²) in [5, 5.41) is 12.5. The zero-order chi connectivity index (χ0) is 13.7. The SMILES string of the molecule is COc1ccc(C(=O)NCC2CCCCO2)c(O)c1. The quantitative estimate of drug-likeness (QED) is 0.869. The van der Waals surface area contributed by atoms with E-state index >= 15 is 0 Å². The van der Waals surface area contributed by atoms with Crippen LogP contribution < -0.4 is 10.1 Å². The minimum absolute atomic E-state index is 0.0816. The summed E-state index contributed by atoms with van der Waals surface area (Å²) in [5.74, 6) is 0.139. The van der Waals surface area contributed by atoms with Crippen molar-refractivity contribution in [2.24, 2.45) is 0 Å². The monoisotopic (exact) mass is 265 g/mol. The van der Waals surface area contributed by atoms with E-state index in [4.69, 9.17) is 9.47 Å². The van der Waals surface area contributed by atoms with Gasteiger partial charge in [0, 0.05) is 19.2 Å². The molecule has 19 heavy (non-hydrogen) atoms. The Bertz CT molecular complexity index is 441. The van der Waals surface area contributed by atoms with Gasteiger partial charge in [-0.25, -0.2) is 0 Å². The van der Waals surface area contributed by atoms with Crippen molar-refractivity contribution in [1.29, 1.82) is 0 Å². The number of aromatic hydroxyl groups is 1. The van der Waals surface area contributed by atoms with Crippen molar-refractivity contribution in [3.63, 3.8) is 0 Å². The van der Waals surface area contributed by atoms with Crippen LogP contribution in [0.5, 0.6) is 11.5 Å². The number of carbonyl (C=O) groups is 1. The molecule has 1 fully saturated rings. The Kier molecular flexibility index (Phi) is 4.63. The third-order valence-electron chi connectivity index (χ3n) is 3.21. The summed E-state index contributed by atoms with van der Waals surface area (Å²) in [6, 6.07) is 4.61. The van der Waals surface area contributed by atoms with Crippen molar-refractivity contribution in [3.05, 3.63) is 23.8 Å². The lowest BCUT2D eigenvalue weighted by Crippen LogP contribution is -2.35. The van der Waals surface area contributed by atoms with E-state index in [2.05, 4.69) is 5.32 Å². The zero-order valence-corrected chi connectivity index (χ0v) is 11.0. The molecule has 0 bridgehead atoms. The lowest BCUT2D eigenvalue weighted by atomic mass is 10.1. The number of hydrogen-bond donors (Lipinski definition) is 2. The largest absolute Gasteiger partial charge is 0.507 e. The number of carbonyl (C=O) groups excluding carboxylic acids is 1. The minimum Gasteiger partial charge on any atom is -0.507 e. The van der Waals surface area contributed by atoms with Crippen LogP contribution >= 0.6 is 0 Å². The summed E-state index contributed by atoms with van der Waals surface area (Å²) < 4.78 is 10.5. The highest BCUT2D eigenvalue weighted by Gasteiger charge is 2.17. The third-order valence-corrected chi connectivity index (χ3v) is 3.21. The second kappa shape index (κ2) is 6.43. The zero-order valence-electron chi connectivity index (χ0n) is 11.0. The van der Waals surface area contributed by atoms with Gasteiger partial charge >= 0.3 is 0 Å². The summed E-state index contributed by atoms with van der Waals surface area (Å²) in [4.78, 5) is 11.9. The number of amides is 1. The maximum atomic E-state index is 11.9. The van der Waals surface area contributed by atoms with Gasteiger partial charge in [0.15, 0.2) is 0 Å². The Morgan fingerprint density at radius 1 is 1.53 bits per heavy atom. The molecule has 2 N–H and O–H groups in total. The topological polar surface area (TPSA) is 67.8 Å². The van der Waals surface area contributed by atoms with Gasteiger partial charge in [0.2, 0.25) is 0 Å². The van der Waals surface area contributed by atoms with Crippen molar-refractivity contribution in [3.8, 4) is 11.5 Å². The van der Waals surface area contributed by atoms with E-state index < -0.39 is 0 Å². The number of phenolic OH excluding ortho intramolecular Hbond substituents is 1. The first-order chi connectivity index (χ1) is 9.20. The van der Waals surface area contributed by atoms with Crippen molar-refractivity contribution in [2.75, 3.05) is 20.3 Å². The van der Waals surface area contributed by atoms with Crippen molar-refractivity contribution in [1.82, 2.24) is 5.32 Å². The van der Waals surface area contributed by atoms with E-state index in [-0.39, 0.29) is 23.3 Å². The Hall–Kier alpha value is -1.75. The maximum absolute atomic E-state index is 11.9. The van der Waals surface area contributed by atoms with Crippen LogP contribution in [0.25, 0.3) is 0 Å². The van der Waals surface area contributed by atoms with E-state index in [0.717, 1.165) is 25.9 Å². The fourth-order valence-corrected chi connectivity index (χ4v) is 2.10. The normalized spacial score (nSPS) is 18.9. The lowest BCUT2D eigenvalue weighted by Gasteiger charge is -2.22. The van der Waals surface area contributed by atoms with Crippen LogP contribution in [-0.2, 0) is 4.74 Å². The fourth-order valence-electron chi connectivity index (χ4n) is 2.10. The molecule has 1 amide bonds. The number of rotatable bonds is 4. The summed E-state index contributed by atoms with van der Waals surface area (Å²) in [6.45, 7) is 1.23. The van der Waals surface area contributed by atoms with Crippen molar-refractivity contribution < 1.29 is 19.4 Å². The predicted molar refractivity (Wildman–Crippen MR) is 70.6 cm³/mol. The number of nitrogens with one attached hydrogen (secondary N) is 1. The number of hydrogen-bond acceptors (Lipinski definition) is 4. The molecule has 1 heterocycles. The van der Waals surface area contributed by atoms with E-state index in [1.54, 1.807) is 12.1 Å². The Balaban J connectivity index is 1.92. The van der Waals surface area contributed by atoms with Crippen LogP contribution in [-0.4, -0.2) is 37.4 Å². The number of methoxy groups -OCH3 is 1. The maximum Gasteiger partial charge on any atom is 0.255 e. The highest BCUT2D eigenvalue weighted by Crippen LogP contribution is 2.23. The van der Waals surface area contributed by atoms with E-state index in [0.29, 0.717) is 12.3 Å². The molecule has 0 radical (unpaired) electrons. The highest BCUT2D eigenvalue weighted by atomic mass is 16.5. The summed E-state index contributed by atoms with van der Waals surface area (Å²) in [5.41, 5.74) is 0.247. The van der Waals surface area contributed by atoms with Gasteiger partial charge in [-0.2, -0.15) is 0 Å². The molecule has 1 atom stereocenters. The second-order valence-corrected chi connectivity index (χ2v) is 4.58. The standard InChI is InChI=1S/C14H19NO4/c1-18-10-5-6-12(13(16)8-10)14(17)15-9-11-4-2-3-7-19-11/h5-6,8,11,16H,2-4,7,9H2,1H3,(H,15,17). The molecule has 0 aliphatic carbocycles. The van der Waals surface area contributed by atoms with Gasteiger partial charge in [0.25, 0.3) is 5.91 Å². The van der Waals surface area contributed by atoms with Crippen molar-refractivity contribution >= 4 is 5.91 Å². The van der Waals surface area contributed by atoms with Gasteiger partial charge in [-0.05, 0) is 31.4 Å². The van der Waals surface area contributed by atoms with Gasteiger partial charge in [-0.1, -0.05) is 0 Å². The van der Waals surface area contributed by atoms with Crippen LogP contribution in [0.4, 0.5) is 0 Å². The molecule has 104 valence electrons. The first kappa shape index (κ1) is 13.7. The second-order valence-electron chi connectivity index (χ2n) is 4.58. The van der Waals surface area contributed by atoms with Crippen LogP contribution in [0.3, 0.4) is 0 Å². The highest BCUT2D eigenvalue weighted by molar-refractivity contribution is 5.97. The van der Waals surface area contributed by atoms with Gasteiger partial charge < -0.3 is 19.9 Å². The van der Waals surface area contributed by atoms with Gasteiger partial charge in [-0.3, -0.25) is 4.79 Å². The van der Waals surface area contributed by atoms with Crippen LogP contribution in [0, 0.1) is 0 Å². The summed E-state index contributed by atoms with van der Waals surface area (Å²) >= 11 is 0. The molecule has 1 aliphatic heterocycles. The van der Waals surface area contributed by atoms with Gasteiger partial charge in [-0.15, -0.1) is 0 Å². The summed E-state index contributed by atoms with van der Waals surface area (Å²) in [7, 11) is 1.51. The molecular weight excluding hydrogens is 246 g/mol. The molecule has 0 saturated carbocycles. The van der Waals surface area contributed by atoms with Gasteiger partial charge in [0.1, 0.15) is 11.5 Å². The Morgan fingerprint density at radius 2 is 2.37 bits per heavy atom. The molecule has 1 aliphatic rings. The van der Waals surface area contributed by atoms with Crippen LogP contribution in [0.2, 0.25) is 0 Å². The molecule has 0 spiro atoms. The first-order valence-electron chi connectivity index (χ1n) is 6.47. The first-order valence-corrected chi connectivity index (χ1v) is 6.47. The van der Waals surface area contributed by atoms with Gasteiger partial charge in [0.05, 0.1) is 18.8 Å². The Labute approximate surface area is 112 Å². The molecule has 1 saturated heterocycles. The minimum atomic E-state index is -0.297. The molecule has 5 nitrogen and oxygen atoms in total. The van der Waals surface area contributed by atoms with E-state index in [1.807, 2.05) is 0 Å². The molecule has 5 heteroatoms. The van der Waals surface area contributed by atoms with Crippen LogP contribution in [0.1, 0.15) is 29.6 Å².